The Morgan fingerprint density at radius 1 is 1.31 bits per heavy atom. The fraction of sp³-hybridized carbons (Fsp3) is 0.706. The highest BCUT2D eigenvalue weighted by molar-refractivity contribution is 7.99. The maximum absolute atomic E-state index is 14.0. The third kappa shape index (κ3) is 9.89. The topological polar surface area (TPSA) is 99.9 Å². The van der Waals surface area contributed by atoms with E-state index in [1.165, 1.54) is 0 Å². The number of halogens is 5. The highest BCUT2D eigenvalue weighted by Gasteiger charge is 2.42. The van der Waals surface area contributed by atoms with Gasteiger partial charge in [0.15, 0.2) is 0 Å². The summed E-state index contributed by atoms with van der Waals surface area (Å²) in [7, 11) is 3.41. The van der Waals surface area contributed by atoms with Gasteiger partial charge in [-0.3, -0.25) is 13.9 Å². The van der Waals surface area contributed by atoms with Gasteiger partial charge >= 0.3 is 18.2 Å². The Hall–Kier alpha value is -2.29. The molecule has 1 amide bonds. The van der Waals surface area contributed by atoms with Crippen LogP contribution in [0.3, 0.4) is 0 Å². The zero-order valence-electron chi connectivity index (χ0n) is 18.1. The number of anilines is 1. The molecule has 1 atom stereocenters. The fourth-order valence-corrected chi connectivity index (χ4v) is 3.40. The van der Waals surface area contributed by atoms with Crippen LogP contribution in [-0.2, 0) is 16.6 Å². The third-order valence-corrected chi connectivity index (χ3v) is 4.67. The van der Waals surface area contributed by atoms with Crippen molar-refractivity contribution >= 4 is 29.9 Å². The van der Waals surface area contributed by atoms with Gasteiger partial charge in [-0.05, 0) is 27.8 Å². The minimum absolute atomic E-state index is 0.269. The summed E-state index contributed by atoms with van der Waals surface area (Å²) in [4.78, 5) is 22.4. The van der Waals surface area contributed by atoms with Crippen molar-refractivity contribution < 1.29 is 41.4 Å². The van der Waals surface area contributed by atoms with E-state index >= 15 is 0 Å². The number of hydrogen-bond donors (Lipinski definition) is 2. The van der Waals surface area contributed by atoms with E-state index in [-0.39, 0.29) is 13.0 Å². The van der Waals surface area contributed by atoms with Gasteiger partial charge in [0.2, 0.25) is 0 Å². The number of hydrogen-bond acceptors (Lipinski definition) is 7. The number of aliphatic carboxylic acids is 1. The summed E-state index contributed by atoms with van der Waals surface area (Å²) < 4.78 is 70.7. The molecular weight excluding hydrogens is 465 g/mol. The Bertz CT molecular complexity index is 784. The first-order chi connectivity index (χ1) is 14.4. The van der Waals surface area contributed by atoms with Crippen molar-refractivity contribution in [1.82, 2.24) is 19.4 Å². The molecule has 0 bridgehead atoms. The molecule has 1 unspecified atom stereocenters. The number of likely N-dealkylation sites (tertiary alicyclic amines) is 1. The summed E-state index contributed by atoms with van der Waals surface area (Å²) in [6.45, 7) is 5.45. The molecule has 0 saturated carbocycles. The molecule has 0 spiro atoms. The van der Waals surface area contributed by atoms with E-state index < -0.39 is 35.8 Å². The first-order valence-electron chi connectivity index (χ1n) is 9.20. The molecule has 2 heterocycles. The number of amides is 1. The van der Waals surface area contributed by atoms with E-state index in [0.717, 1.165) is 12.1 Å². The van der Waals surface area contributed by atoms with Gasteiger partial charge in [0.1, 0.15) is 5.60 Å². The highest BCUT2D eigenvalue weighted by atomic mass is 32.2. The first kappa shape index (κ1) is 27.7. The first-order valence-corrected chi connectivity index (χ1v) is 9.97. The molecule has 0 aliphatic carbocycles. The van der Waals surface area contributed by atoms with Crippen molar-refractivity contribution in [3.05, 3.63) is 12.4 Å². The van der Waals surface area contributed by atoms with Crippen LogP contribution in [0.4, 0.5) is 32.4 Å². The molecule has 0 radical (unpaired) electrons. The maximum Gasteiger partial charge on any atom is 0.490 e. The monoisotopic (exact) mass is 491 g/mol. The van der Waals surface area contributed by atoms with Crippen molar-refractivity contribution in [2.75, 3.05) is 24.4 Å². The number of rotatable bonds is 4. The number of carboxylic acid groups (broad SMARTS) is 1. The SMILES string of the molecule is CN1CC(N(SNC(=O)OC(C)(C)C)c2cnn(C)c2)CC(F)(F)C1.O=C(O)C(F)(F)F. The molecule has 1 fully saturated rings. The molecule has 32 heavy (non-hydrogen) atoms. The molecule has 0 aromatic carbocycles. The minimum atomic E-state index is -5.08. The predicted octanol–water partition coefficient (Wildman–Crippen LogP) is 3.29. The zero-order valence-corrected chi connectivity index (χ0v) is 18.9. The molecule has 2 rings (SSSR count). The van der Waals surface area contributed by atoms with Crippen LogP contribution in [-0.4, -0.2) is 75.7 Å². The minimum Gasteiger partial charge on any atom is -0.475 e. The van der Waals surface area contributed by atoms with Gasteiger partial charge in [-0.2, -0.15) is 18.3 Å². The lowest BCUT2D eigenvalue weighted by molar-refractivity contribution is -0.192. The number of nitrogens with one attached hydrogen (secondary N) is 1. The summed E-state index contributed by atoms with van der Waals surface area (Å²) in [6, 6.07) is -0.488. The van der Waals surface area contributed by atoms with Crippen LogP contribution in [0.5, 0.6) is 0 Å². The number of alkyl halides is 5. The normalized spacial score (nSPS) is 18.9. The molecule has 1 aromatic rings. The van der Waals surface area contributed by atoms with Crippen molar-refractivity contribution in [1.29, 1.82) is 0 Å². The van der Waals surface area contributed by atoms with Crippen LogP contribution < -0.4 is 9.03 Å². The predicted molar refractivity (Wildman–Crippen MR) is 107 cm³/mol. The van der Waals surface area contributed by atoms with Crippen molar-refractivity contribution in [2.24, 2.45) is 7.05 Å². The molecular formula is C17H26F5N5O4S. The van der Waals surface area contributed by atoms with Crippen LogP contribution in [0.2, 0.25) is 0 Å². The Morgan fingerprint density at radius 3 is 2.28 bits per heavy atom. The molecule has 15 heteroatoms. The fourth-order valence-electron chi connectivity index (χ4n) is 2.70. The van der Waals surface area contributed by atoms with Gasteiger partial charge < -0.3 is 9.84 Å². The van der Waals surface area contributed by atoms with Gasteiger partial charge in [-0.15, -0.1) is 0 Å². The number of piperidine rings is 1. The number of carboxylic acids is 1. The zero-order chi connectivity index (χ0) is 24.9. The lowest BCUT2D eigenvalue weighted by Crippen LogP contribution is -2.53. The van der Waals surface area contributed by atoms with Gasteiger partial charge in [-0.25, -0.2) is 23.1 Å². The largest absolute Gasteiger partial charge is 0.490 e. The van der Waals surface area contributed by atoms with Gasteiger partial charge in [-0.1, -0.05) is 0 Å². The Labute approximate surface area is 186 Å². The second-order valence-corrected chi connectivity index (χ2v) is 8.89. The van der Waals surface area contributed by atoms with Gasteiger partial charge in [0, 0.05) is 26.2 Å². The number of carbonyl (C=O) groups excluding carboxylic acids is 1. The second-order valence-electron chi connectivity index (χ2n) is 8.11. The number of carbonyl (C=O) groups is 2. The summed E-state index contributed by atoms with van der Waals surface area (Å²) >= 11 is 0.942. The van der Waals surface area contributed by atoms with Gasteiger partial charge in [0.05, 0.1) is 36.6 Å². The van der Waals surface area contributed by atoms with E-state index in [1.54, 1.807) is 61.1 Å². The summed E-state index contributed by atoms with van der Waals surface area (Å²) in [5.74, 6) is -5.54. The average Bonchev–Trinajstić information content (AvgIpc) is 2.97. The average molecular weight is 491 g/mol. The lowest BCUT2D eigenvalue weighted by atomic mass is 10.0. The number of aromatic nitrogens is 2. The van der Waals surface area contributed by atoms with E-state index in [1.807, 2.05) is 0 Å². The molecule has 1 aromatic heterocycles. The highest BCUT2D eigenvalue weighted by Crippen LogP contribution is 2.34. The number of aryl methyl sites for hydroxylation is 1. The summed E-state index contributed by atoms with van der Waals surface area (Å²) in [5, 5.41) is 11.2. The molecule has 2 N–H and O–H groups in total. The molecule has 9 nitrogen and oxygen atoms in total. The van der Waals surface area contributed by atoms with Crippen molar-refractivity contribution in [3.8, 4) is 0 Å². The molecule has 184 valence electrons. The summed E-state index contributed by atoms with van der Waals surface area (Å²) in [6.07, 6.45) is -2.70. The lowest BCUT2D eigenvalue weighted by Gasteiger charge is -2.40. The van der Waals surface area contributed by atoms with E-state index in [0.29, 0.717) is 12.2 Å². The van der Waals surface area contributed by atoms with Gasteiger partial charge in [0.25, 0.3) is 5.92 Å². The summed E-state index contributed by atoms with van der Waals surface area (Å²) in [5.41, 5.74) is 0.00153. The smallest absolute Gasteiger partial charge is 0.475 e. The van der Waals surface area contributed by atoms with E-state index in [9.17, 15) is 26.7 Å². The van der Waals surface area contributed by atoms with Crippen LogP contribution in [0.15, 0.2) is 12.4 Å². The molecule has 1 aliphatic rings. The van der Waals surface area contributed by atoms with Crippen LogP contribution in [0.25, 0.3) is 0 Å². The number of nitrogens with zero attached hydrogens (tertiary/aromatic N) is 4. The number of likely N-dealkylation sites (N-methyl/N-ethyl adjacent to an activating group) is 1. The quantitative estimate of drug-likeness (QED) is 0.489. The van der Waals surface area contributed by atoms with E-state index in [2.05, 4.69) is 9.82 Å². The van der Waals surface area contributed by atoms with E-state index in [4.69, 9.17) is 14.6 Å². The molecule has 1 aliphatic heterocycles. The molecule has 1 saturated heterocycles. The third-order valence-electron chi connectivity index (χ3n) is 3.70. The van der Waals surface area contributed by atoms with Crippen LogP contribution in [0.1, 0.15) is 27.2 Å². The van der Waals surface area contributed by atoms with Crippen LogP contribution in [0, 0.1) is 0 Å². The van der Waals surface area contributed by atoms with Crippen molar-refractivity contribution in [2.45, 2.75) is 50.9 Å². The number of ether oxygens (including phenoxy) is 1. The standard InChI is InChI=1S/C15H25F2N5O2S.C2HF3O2/c1-14(2,3)24-13(23)19-25-22(12-7-18-21(5)9-12)11-6-15(16,17)10-20(4)8-11;3-2(4,5)1(6)7/h7,9,11H,6,8,10H2,1-5H3,(H,19,23);(H,6,7). The Morgan fingerprint density at radius 2 is 1.88 bits per heavy atom. The second kappa shape index (κ2) is 10.6. The Balaban J connectivity index is 0.000000633. The Kier molecular flexibility index (Phi) is 9.15. The van der Waals surface area contributed by atoms with Crippen LogP contribution >= 0.6 is 12.1 Å². The maximum atomic E-state index is 14.0. The van der Waals surface area contributed by atoms with Crippen molar-refractivity contribution in [3.63, 3.8) is 0 Å².